The highest BCUT2D eigenvalue weighted by molar-refractivity contribution is 6.41. The lowest BCUT2D eigenvalue weighted by molar-refractivity contribution is 0.0955. The van der Waals surface area contributed by atoms with Crippen LogP contribution in [0.25, 0.3) is 6.08 Å². The van der Waals surface area contributed by atoms with E-state index in [0.717, 1.165) is 5.56 Å². The largest absolute Gasteiger partial charge is 0.399 e. The molecule has 2 aromatic rings. The molecule has 0 atom stereocenters. The molecule has 0 radical (unpaired) electrons. The van der Waals surface area contributed by atoms with Crippen molar-refractivity contribution in [2.45, 2.75) is 0 Å². The van der Waals surface area contributed by atoms with Gasteiger partial charge in [-0.15, -0.1) is 0 Å². The number of nitrogens with one attached hydrogen (secondary N) is 1. The minimum absolute atomic E-state index is 0.324. The molecule has 3 N–H and O–H groups in total. The summed E-state index contributed by atoms with van der Waals surface area (Å²) in [6, 6.07) is 16.1. The van der Waals surface area contributed by atoms with Crippen molar-refractivity contribution in [2.75, 3.05) is 5.73 Å². The Labute approximate surface area is 127 Å². The van der Waals surface area contributed by atoms with Gasteiger partial charge in [-0.05, 0) is 35.9 Å². The van der Waals surface area contributed by atoms with E-state index in [4.69, 9.17) is 17.3 Å². The fourth-order valence-corrected chi connectivity index (χ4v) is 1.77. The van der Waals surface area contributed by atoms with Gasteiger partial charge in [0.1, 0.15) is 0 Å². The van der Waals surface area contributed by atoms with Gasteiger partial charge in [0.25, 0.3) is 5.91 Å². The van der Waals surface area contributed by atoms with E-state index in [0.29, 0.717) is 16.3 Å². The van der Waals surface area contributed by atoms with Crippen molar-refractivity contribution in [3.8, 4) is 0 Å². The molecule has 0 fully saturated rings. The molecule has 0 unspecified atom stereocenters. The molecule has 2 rings (SSSR count). The second-order valence-electron chi connectivity index (χ2n) is 4.26. The lowest BCUT2D eigenvalue weighted by Crippen LogP contribution is -2.17. The van der Waals surface area contributed by atoms with Gasteiger partial charge >= 0.3 is 0 Å². The van der Waals surface area contributed by atoms with Crippen molar-refractivity contribution >= 4 is 35.5 Å². The smallest absolute Gasteiger partial charge is 0.271 e. The molecule has 0 aliphatic carbocycles. The molecule has 21 heavy (non-hydrogen) atoms. The standard InChI is InChI=1S/C16H14ClN3O/c17-14(10-12-4-2-1-3-5-12)11-19-20-16(21)13-6-8-15(18)9-7-13/h1-11H,18H2,(H,20,21)/b14-10-,19-11-. The molecule has 0 saturated heterocycles. The first-order valence-corrected chi connectivity index (χ1v) is 6.64. The zero-order chi connectivity index (χ0) is 15.1. The van der Waals surface area contributed by atoms with Gasteiger partial charge in [0.15, 0.2) is 0 Å². The number of hydrazone groups is 1. The van der Waals surface area contributed by atoms with Crippen LogP contribution in [-0.2, 0) is 0 Å². The molecule has 0 aliphatic rings. The molecule has 0 saturated carbocycles. The van der Waals surface area contributed by atoms with Crippen LogP contribution in [0.2, 0.25) is 0 Å². The van der Waals surface area contributed by atoms with E-state index in [2.05, 4.69) is 10.5 Å². The van der Waals surface area contributed by atoms with Crippen molar-refractivity contribution in [1.29, 1.82) is 0 Å². The SMILES string of the molecule is Nc1ccc(C(=O)N/N=C\C(Cl)=C\c2ccccc2)cc1. The monoisotopic (exact) mass is 299 g/mol. The maximum atomic E-state index is 11.8. The predicted molar refractivity (Wildman–Crippen MR) is 87.1 cm³/mol. The average Bonchev–Trinajstić information content (AvgIpc) is 2.49. The lowest BCUT2D eigenvalue weighted by atomic mass is 10.2. The highest BCUT2D eigenvalue weighted by Crippen LogP contribution is 2.08. The summed E-state index contributed by atoms with van der Waals surface area (Å²) in [4.78, 5) is 11.8. The fourth-order valence-electron chi connectivity index (χ4n) is 1.60. The number of rotatable bonds is 4. The minimum Gasteiger partial charge on any atom is -0.399 e. The summed E-state index contributed by atoms with van der Waals surface area (Å²) >= 11 is 6.01. The molecule has 2 aromatic carbocycles. The number of halogens is 1. The average molecular weight is 300 g/mol. The number of benzene rings is 2. The van der Waals surface area contributed by atoms with Crippen LogP contribution in [0.15, 0.2) is 64.7 Å². The number of hydrogen-bond acceptors (Lipinski definition) is 3. The summed E-state index contributed by atoms with van der Waals surface area (Å²) in [7, 11) is 0. The Morgan fingerprint density at radius 3 is 2.43 bits per heavy atom. The van der Waals surface area contributed by atoms with E-state index in [1.54, 1.807) is 30.3 Å². The zero-order valence-corrected chi connectivity index (χ0v) is 11.9. The topological polar surface area (TPSA) is 67.5 Å². The van der Waals surface area contributed by atoms with Crippen LogP contribution in [-0.4, -0.2) is 12.1 Å². The van der Waals surface area contributed by atoms with Crippen LogP contribution >= 0.6 is 11.6 Å². The second kappa shape index (κ2) is 7.26. The Balaban J connectivity index is 1.94. The van der Waals surface area contributed by atoms with E-state index in [1.165, 1.54) is 6.21 Å². The molecule has 1 amide bonds. The minimum atomic E-state index is -0.324. The molecule has 0 spiro atoms. The van der Waals surface area contributed by atoms with Gasteiger partial charge in [-0.25, -0.2) is 5.43 Å². The van der Waals surface area contributed by atoms with Crippen molar-refractivity contribution in [3.63, 3.8) is 0 Å². The summed E-state index contributed by atoms with van der Waals surface area (Å²) in [5.41, 5.74) is 9.99. The molecule has 5 heteroatoms. The van der Waals surface area contributed by atoms with Gasteiger partial charge in [-0.2, -0.15) is 5.10 Å². The second-order valence-corrected chi connectivity index (χ2v) is 4.70. The third kappa shape index (κ3) is 4.78. The van der Waals surface area contributed by atoms with Crippen LogP contribution in [0.3, 0.4) is 0 Å². The van der Waals surface area contributed by atoms with E-state index in [1.807, 2.05) is 30.3 Å². The number of nitrogens with zero attached hydrogens (tertiary/aromatic N) is 1. The summed E-state index contributed by atoms with van der Waals surface area (Å²) in [5.74, 6) is -0.324. The molecule has 0 aliphatic heterocycles. The van der Waals surface area contributed by atoms with Crippen molar-refractivity contribution in [3.05, 3.63) is 70.8 Å². The Bertz CT molecular complexity index is 664. The fraction of sp³-hybridized carbons (Fsp3) is 0. The number of allylic oxidation sites excluding steroid dienone is 1. The molecule has 4 nitrogen and oxygen atoms in total. The van der Waals surface area contributed by atoms with E-state index in [-0.39, 0.29) is 5.91 Å². The third-order valence-corrected chi connectivity index (χ3v) is 2.84. The Hall–Kier alpha value is -2.59. The van der Waals surface area contributed by atoms with Crippen molar-refractivity contribution in [2.24, 2.45) is 5.10 Å². The quantitative estimate of drug-likeness (QED) is 0.517. The van der Waals surface area contributed by atoms with Crippen LogP contribution in [0.4, 0.5) is 5.69 Å². The zero-order valence-electron chi connectivity index (χ0n) is 11.2. The molecule has 0 aromatic heterocycles. The van der Waals surface area contributed by atoms with Crippen LogP contribution < -0.4 is 11.2 Å². The first kappa shape index (κ1) is 14.8. The van der Waals surface area contributed by atoms with Gasteiger partial charge in [0.05, 0.1) is 11.2 Å². The highest BCUT2D eigenvalue weighted by atomic mass is 35.5. The summed E-state index contributed by atoms with van der Waals surface area (Å²) in [5, 5.41) is 4.23. The van der Waals surface area contributed by atoms with E-state index < -0.39 is 0 Å². The number of nitrogens with two attached hydrogens (primary N) is 1. The number of anilines is 1. The van der Waals surface area contributed by atoms with Crippen molar-refractivity contribution < 1.29 is 4.79 Å². The molecule has 106 valence electrons. The van der Waals surface area contributed by atoms with Crippen molar-refractivity contribution in [1.82, 2.24) is 5.43 Å². The normalized spacial score (nSPS) is 11.6. The third-order valence-electron chi connectivity index (χ3n) is 2.63. The van der Waals surface area contributed by atoms with Gasteiger partial charge in [-0.1, -0.05) is 41.9 Å². The highest BCUT2D eigenvalue weighted by Gasteiger charge is 2.02. The van der Waals surface area contributed by atoms with Gasteiger partial charge in [0.2, 0.25) is 0 Å². The first-order valence-electron chi connectivity index (χ1n) is 6.26. The number of hydrogen-bond donors (Lipinski definition) is 2. The predicted octanol–water partition coefficient (Wildman–Crippen LogP) is 3.26. The molecule has 0 heterocycles. The number of nitrogen functional groups attached to an aromatic ring is 1. The Morgan fingerprint density at radius 1 is 1.10 bits per heavy atom. The van der Waals surface area contributed by atoms with Crippen LogP contribution in [0.1, 0.15) is 15.9 Å². The molecular formula is C16H14ClN3O. The maximum Gasteiger partial charge on any atom is 0.271 e. The number of carbonyl (C=O) groups is 1. The molecular weight excluding hydrogens is 286 g/mol. The Kier molecular flexibility index (Phi) is 5.12. The maximum absolute atomic E-state index is 11.8. The first-order chi connectivity index (χ1) is 10.1. The van der Waals surface area contributed by atoms with Crippen LogP contribution in [0, 0.1) is 0 Å². The van der Waals surface area contributed by atoms with Gasteiger partial charge in [-0.3, -0.25) is 4.79 Å². The van der Waals surface area contributed by atoms with E-state index in [9.17, 15) is 4.79 Å². The number of amides is 1. The molecule has 0 bridgehead atoms. The van der Waals surface area contributed by atoms with E-state index >= 15 is 0 Å². The summed E-state index contributed by atoms with van der Waals surface area (Å²) < 4.78 is 0. The van der Waals surface area contributed by atoms with Gasteiger partial charge in [0, 0.05) is 11.3 Å². The summed E-state index contributed by atoms with van der Waals surface area (Å²) in [6.45, 7) is 0. The summed E-state index contributed by atoms with van der Waals surface area (Å²) in [6.07, 6.45) is 3.13. The number of carbonyl (C=O) groups excluding carboxylic acids is 1. The Morgan fingerprint density at radius 2 is 1.76 bits per heavy atom. The van der Waals surface area contributed by atoms with Gasteiger partial charge < -0.3 is 5.73 Å². The lowest BCUT2D eigenvalue weighted by Gasteiger charge is -2.00. The van der Waals surface area contributed by atoms with Crippen LogP contribution in [0.5, 0.6) is 0 Å².